The van der Waals surface area contributed by atoms with Gasteiger partial charge in [0.05, 0.1) is 32.6 Å². The number of carbonyl (C=O) groups is 3. The van der Waals surface area contributed by atoms with Crippen LogP contribution in [0, 0.1) is 0 Å². The number of hydrogen-bond donors (Lipinski definition) is 5. The molecule has 0 spiro atoms. The van der Waals surface area contributed by atoms with Gasteiger partial charge in [-0.15, -0.1) is 0 Å². The SMILES string of the molecule is COc1ccc(/C=C\c2cc(CO)c(CO)c(CO)c2)cc1NC(=O)[C@H](COC(C)=O)NC(=O)OCC1c2ccccc2-c2ccccc21. The summed E-state index contributed by atoms with van der Waals surface area (Å²) < 4.78 is 16.2. The van der Waals surface area contributed by atoms with Crippen LogP contribution >= 0.6 is 0 Å². The van der Waals surface area contributed by atoms with Gasteiger partial charge in [0.25, 0.3) is 5.91 Å². The molecule has 11 nitrogen and oxygen atoms in total. The number of carbonyl (C=O) groups excluding carboxylic acids is 3. The molecular formula is C38H38N2O9. The van der Waals surface area contributed by atoms with Crippen molar-refractivity contribution in [2.45, 2.75) is 38.7 Å². The van der Waals surface area contributed by atoms with E-state index < -0.39 is 30.6 Å². The first-order chi connectivity index (χ1) is 23.8. The summed E-state index contributed by atoms with van der Waals surface area (Å²) in [6.45, 7) is -0.120. The highest BCUT2D eigenvalue weighted by Gasteiger charge is 2.30. The minimum Gasteiger partial charge on any atom is -0.495 e. The zero-order chi connectivity index (χ0) is 34.9. The number of aliphatic hydroxyl groups is 3. The fourth-order valence-electron chi connectivity index (χ4n) is 5.91. The van der Waals surface area contributed by atoms with Crippen molar-refractivity contribution in [3.63, 3.8) is 0 Å². The van der Waals surface area contributed by atoms with Gasteiger partial charge in [0.2, 0.25) is 0 Å². The first-order valence-electron chi connectivity index (χ1n) is 15.6. The quantitative estimate of drug-likeness (QED) is 0.100. The molecule has 0 radical (unpaired) electrons. The summed E-state index contributed by atoms with van der Waals surface area (Å²) in [7, 11) is 1.45. The summed E-state index contributed by atoms with van der Waals surface area (Å²) in [6, 6.07) is 23.1. The van der Waals surface area contributed by atoms with Gasteiger partial charge in [0.1, 0.15) is 25.0 Å². The Morgan fingerprint density at radius 1 is 0.796 bits per heavy atom. The van der Waals surface area contributed by atoms with E-state index in [0.29, 0.717) is 39.3 Å². The number of benzene rings is 4. The van der Waals surface area contributed by atoms with Gasteiger partial charge < -0.3 is 40.2 Å². The number of amides is 2. The van der Waals surface area contributed by atoms with Crippen LogP contribution in [0.4, 0.5) is 10.5 Å². The van der Waals surface area contributed by atoms with Gasteiger partial charge in [-0.05, 0) is 74.3 Å². The standard InChI is InChI=1S/C38H38N2O9/c1-23(44)48-22-35(40-38(46)49-21-33-30-9-5-3-7-28(30)29-8-4-6-10-31(29)33)37(45)39-34-17-24(13-14-36(34)47-2)11-12-25-15-26(18-41)32(20-43)27(16-25)19-42/h3-17,33,35,41-43H,18-22H2,1-2H3,(H,39,45)(H,40,46)/b12-11-/t35-/m0/s1. The van der Waals surface area contributed by atoms with E-state index in [4.69, 9.17) is 14.2 Å². The van der Waals surface area contributed by atoms with Gasteiger partial charge in [-0.1, -0.05) is 66.7 Å². The third kappa shape index (κ3) is 8.15. The summed E-state index contributed by atoms with van der Waals surface area (Å²) in [5.74, 6) is -1.14. The molecular weight excluding hydrogens is 628 g/mol. The number of rotatable bonds is 13. The lowest BCUT2D eigenvalue weighted by Crippen LogP contribution is -2.47. The largest absolute Gasteiger partial charge is 0.495 e. The van der Waals surface area contributed by atoms with Gasteiger partial charge in [0.15, 0.2) is 0 Å². The highest BCUT2D eigenvalue weighted by atomic mass is 16.6. The van der Waals surface area contributed by atoms with Crippen molar-refractivity contribution in [1.29, 1.82) is 0 Å². The van der Waals surface area contributed by atoms with Crippen molar-refractivity contribution in [3.8, 4) is 16.9 Å². The number of aliphatic hydroxyl groups excluding tert-OH is 3. The van der Waals surface area contributed by atoms with Crippen LogP contribution in [0.2, 0.25) is 0 Å². The summed E-state index contributed by atoms with van der Waals surface area (Å²) in [6.07, 6.45) is 2.67. The number of methoxy groups -OCH3 is 1. The zero-order valence-electron chi connectivity index (χ0n) is 27.1. The third-order valence-electron chi connectivity index (χ3n) is 8.31. The molecule has 254 valence electrons. The van der Waals surface area contributed by atoms with Crippen LogP contribution in [0.25, 0.3) is 23.3 Å². The zero-order valence-corrected chi connectivity index (χ0v) is 27.1. The van der Waals surface area contributed by atoms with Crippen LogP contribution in [-0.4, -0.2) is 59.7 Å². The Morgan fingerprint density at radius 2 is 1.41 bits per heavy atom. The van der Waals surface area contributed by atoms with Crippen molar-refractivity contribution >= 4 is 35.8 Å². The van der Waals surface area contributed by atoms with E-state index >= 15 is 0 Å². The third-order valence-corrected chi connectivity index (χ3v) is 8.31. The average Bonchev–Trinajstić information content (AvgIpc) is 3.44. The molecule has 2 amide bonds. The Morgan fingerprint density at radius 3 is 1.98 bits per heavy atom. The Bertz CT molecular complexity index is 1800. The van der Waals surface area contributed by atoms with Crippen molar-refractivity contribution in [1.82, 2.24) is 5.32 Å². The number of esters is 1. The van der Waals surface area contributed by atoms with Gasteiger partial charge in [-0.3, -0.25) is 9.59 Å². The van der Waals surface area contributed by atoms with Crippen LogP contribution in [0.3, 0.4) is 0 Å². The molecule has 1 aliphatic rings. The van der Waals surface area contributed by atoms with Crippen LogP contribution in [0.5, 0.6) is 5.75 Å². The van der Waals surface area contributed by atoms with Crippen LogP contribution in [-0.2, 0) is 38.9 Å². The van der Waals surface area contributed by atoms with Crippen molar-refractivity contribution in [3.05, 3.63) is 118 Å². The Labute approximate surface area is 283 Å². The van der Waals surface area contributed by atoms with Crippen LogP contribution in [0.1, 0.15) is 51.8 Å². The Kier molecular flexibility index (Phi) is 11.4. The maximum absolute atomic E-state index is 13.5. The minimum atomic E-state index is -1.29. The Hall–Kier alpha value is -5.49. The summed E-state index contributed by atoms with van der Waals surface area (Å²) >= 11 is 0. The normalized spacial score (nSPS) is 12.6. The molecule has 1 atom stereocenters. The molecule has 4 aromatic carbocycles. The van der Waals surface area contributed by atoms with E-state index in [0.717, 1.165) is 22.3 Å². The van der Waals surface area contributed by atoms with E-state index in [1.54, 1.807) is 42.5 Å². The molecule has 5 rings (SSSR count). The first kappa shape index (κ1) is 34.8. The number of fused-ring (bicyclic) bond motifs is 3. The smallest absolute Gasteiger partial charge is 0.407 e. The van der Waals surface area contributed by atoms with Gasteiger partial charge in [-0.2, -0.15) is 0 Å². The van der Waals surface area contributed by atoms with Crippen molar-refractivity contribution < 1.29 is 43.9 Å². The molecule has 1 aliphatic carbocycles. The Balaban J connectivity index is 1.30. The lowest BCUT2D eigenvalue weighted by Gasteiger charge is -2.20. The number of nitrogens with one attached hydrogen (secondary N) is 2. The maximum atomic E-state index is 13.5. The van der Waals surface area contributed by atoms with Crippen LogP contribution in [0.15, 0.2) is 78.9 Å². The molecule has 4 aromatic rings. The molecule has 0 saturated carbocycles. The van der Waals surface area contributed by atoms with E-state index in [1.807, 2.05) is 48.5 Å². The molecule has 0 fully saturated rings. The highest BCUT2D eigenvalue weighted by Crippen LogP contribution is 2.44. The molecule has 0 heterocycles. The second-order valence-corrected chi connectivity index (χ2v) is 11.4. The van der Waals surface area contributed by atoms with Gasteiger partial charge >= 0.3 is 12.1 Å². The second kappa shape index (κ2) is 16.1. The lowest BCUT2D eigenvalue weighted by atomic mass is 9.98. The van der Waals surface area contributed by atoms with E-state index in [-0.39, 0.29) is 32.3 Å². The molecule has 0 unspecified atom stereocenters. The molecule has 5 N–H and O–H groups in total. The molecule has 0 saturated heterocycles. The minimum absolute atomic E-state index is 0.0340. The predicted octanol–water partition coefficient (Wildman–Crippen LogP) is 4.75. The molecule has 0 aliphatic heterocycles. The van der Waals surface area contributed by atoms with Crippen molar-refractivity contribution in [2.75, 3.05) is 25.6 Å². The summed E-state index contributed by atoms with van der Waals surface area (Å²) in [5, 5.41) is 34.4. The van der Waals surface area contributed by atoms with Gasteiger partial charge in [0, 0.05) is 12.8 Å². The number of anilines is 1. The number of alkyl carbamates (subject to hydrolysis) is 1. The predicted molar refractivity (Wildman–Crippen MR) is 183 cm³/mol. The fraction of sp³-hybridized carbons (Fsp3) is 0.237. The average molecular weight is 667 g/mol. The van der Waals surface area contributed by atoms with Crippen molar-refractivity contribution in [2.24, 2.45) is 0 Å². The molecule has 0 bridgehead atoms. The maximum Gasteiger partial charge on any atom is 0.407 e. The summed E-state index contributed by atoms with van der Waals surface area (Å²) in [5.41, 5.74) is 7.35. The van der Waals surface area contributed by atoms with Crippen LogP contribution < -0.4 is 15.4 Å². The van der Waals surface area contributed by atoms with E-state index in [2.05, 4.69) is 10.6 Å². The topological polar surface area (TPSA) is 164 Å². The summed E-state index contributed by atoms with van der Waals surface area (Å²) in [4.78, 5) is 38.2. The second-order valence-electron chi connectivity index (χ2n) is 11.4. The molecule has 49 heavy (non-hydrogen) atoms. The van der Waals surface area contributed by atoms with E-state index in [9.17, 15) is 29.7 Å². The molecule has 0 aromatic heterocycles. The highest BCUT2D eigenvalue weighted by molar-refractivity contribution is 5.98. The fourth-order valence-corrected chi connectivity index (χ4v) is 5.91. The van der Waals surface area contributed by atoms with E-state index in [1.165, 1.54) is 14.0 Å². The number of hydrogen-bond acceptors (Lipinski definition) is 9. The first-order valence-corrected chi connectivity index (χ1v) is 15.6. The monoisotopic (exact) mass is 666 g/mol. The molecule has 11 heteroatoms. The number of ether oxygens (including phenoxy) is 3. The lowest BCUT2D eigenvalue weighted by molar-refractivity contribution is -0.142. The van der Waals surface area contributed by atoms with Gasteiger partial charge in [-0.25, -0.2) is 4.79 Å².